The van der Waals surface area contributed by atoms with Crippen LogP contribution in [0.1, 0.15) is 44.6 Å². The lowest BCUT2D eigenvalue weighted by Crippen LogP contribution is -2.30. The predicted octanol–water partition coefficient (Wildman–Crippen LogP) is 3.40. The van der Waals surface area contributed by atoms with Crippen molar-refractivity contribution in [1.82, 2.24) is 4.90 Å². The lowest BCUT2D eigenvalue weighted by Gasteiger charge is -2.28. The maximum atomic E-state index is 12.2. The highest BCUT2D eigenvalue weighted by Crippen LogP contribution is 2.23. The van der Waals surface area contributed by atoms with Crippen molar-refractivity contribution in [2.75, 3.05) is 30.8 Å². The molecule has 5 nitrogen and oxygen atoms in total. The fourth-order valence-corrected chi connectivity index (χ4v) is 2.98. The van der Waals surface area contributed by atoms with E-state index < -0.39 is 0 Å². The van der Waals surface area contributed by atoms with E-state index in [1.165, 1.54) is 12.8 Å². The molecule has 1 aliphatic rings. The van der Waals surface area contributed by atoms with Crippen LogP contribution in [0.3, 0.4) is 0 Å². The number of aryl methyl sites for hydroxylation is 1. The van der Waals surface area contributed by atoms with E-state index in [1.54, 1.807) is 0 Å². The molecule has 1 aromatic rings. The number of benzene rings is 1. The van der Waals surface area contributed by atoms with Gasteiger partial charge in [-0.1, -0.05) is 13.0 Å². The second-order valence-corrected chi connectivity index (χ2v) is 6.76. The number of likely N-dealkylation sites (tertiary alicyclic amines) is 1. The van der Waals surface area contributed by atoms with Gasteiger partial charge in [0.1, 0.15) is 0 Å². The van der Waals surface area contributed by atoms with Crippen LogP contribution >= 0.6 is 0 Å². The van der Waals surface area contributed by atoms with Crippen molar-refractivity contribution in [2.45, 2.75) is 46.0 Å². The second kappa shape index (κ2) is 8.83. The summed E-state index contributed by atoms with van der Waals surface area (Å²) in [6, 6.07) is 5.62. The van der Waals surface area contributed by atoms with Crippen LogP contribution in [0.2, 0.25) is 0 Å². The van der Waals surface area contributed by atoms with Gasteiger partial charge >= 0.3 is 0 Å². The lowest BCUT2D eigenvalue weighted by molar-refractivity contribution is -0.117. The zero-order valence-corrected chi connectivity index (χ0v) is 15.0. The van der Waals surface area contributed by atoms with E-state index in [1.807, 2.05) is 32.0 Å². The van der Waals surface area contributed by atoms with Crippen LogP contribution in [0.4, 0.5) is 11.4 Å². The fourth-order valence-electron chi connectivity index (χ4n) is 2.98. The smallest absolute Gasteiger partial charge is 0.224 e. The third kappa shape index (κ3) is 5.64. The van der Waals surface area contributed by atoms with E-state index in [0.717, 1.165) is 36.4 Å². The minimum atomic E-state index is -0.0242. The molecular weight excluding hydrogens is 302 g/mol. The number of carbonyl (C=O) groups is 2. The van der Waals surface area contributed by atoms with Gasteiger partial charge in [-0.3, -0.25) is 9.59 Å². The monoisotopic (exact) mass is 331 g/mol. The Morgan fingerprint density at radius 1 is 1.17 bits per heavy atom. The molecule has 0 unspecified atom stereocenters. The largest absolute Gasteiger partial charge is 0.326 e. The van der Waals surface area contributed by atoms with Crippen molar-refractivity contribution < 1.29 is 9.59 Å². The Hall–Kier alpha value is -1.88. The number of hydrogen-bond acceptors (Lipinski definition) is 3. The zero-order valence-electron chi connectivity index (χ0n) is 15.0. The van der Waals surface area contributed by atoms with Crippen LogP contribution in [0, 0.1) is 12.8 Å². The van der Waals surface area contributed by atoms with Crippen molar-refractivity contribution in [1.29, 1.82) is 0 Å². The first-order valence-corrected chi connectivity index (χ1v) is 8.86. The predicted molar refractivity (Wildman–Crippen MR) is 98.2 cm³/mol. The molecule has 0 radical (unpaired) electrons. The Balaban J connectivity index is 1.85. The Morgan fingerprint density at radius 3 is 2.54 bits per heavy atom. The maximum Gasteiger partial charge on any atom is 0.224 e. The molecule has 2 rings (SSSR count). The lowest BCUT2D eigenvalue weighted by atomic mass is 9.92. The third-order valence-corrected chi connectivity index (χ3v) is 4.73. The Morgan fingerprint density at radius 2 is 1.88 bits per heavy atom. The number of nitrogens with zero attached hydrogens (tertiary/aromatic N) is 1. The van der Waals surface area contributed by atoms with Crippen molar-refractivity contribution in [3.63, 3.8) is 0 Å². The van der Waals surface area contributed by atoms with Gasteiger partial charge in [-0.05, 0) is 69.9 Å². The van der Waals surface area contributed by atoms with E-state index >= 15 is 0 Å². The molecule has 0 saturated carbocycles. The average molecular weight is 331 g/mol. The molecule has 0 aliphatic carbocycles. The number of carbonyl (C=O) groups excluding carboxylic acids is 2. The van der Waals surface area contributed by atoms with Gasteiger partial charge in [0.15, 0.2) is 0 Å². The summed E-state index contributed by atoms with van der Waals surface area (Å²) in [6.07, 6.45) is 4.31. The van der Waals surface area contributed by atoms with Gasteiger partial charge in [0.2, 0.25) is 11.8 Å². The first-order chi connectivity index (χ1) is 11.5. The summed E-state index contributed by atoms with van der Waals surface area (Å²) in [5.74, 6) is 0.679. The average Bonchev–Trinajstić information content (AvgIpc) is 2.57. The molecule has 0 atom stereocenters. The van der Waals surface area contributed by atoms with Crippen LogP contribution in [0.25, 0.3) is 0 Å². The number of anilines is 2. The first-order valence-electron chi connectivity index (χ1n) is 8.86. The van der Waals surface area contributed by atoms with Crippen LogP contribution < -0.4 is 10.6 Å². The maximum absolute atomic E-state index is 12.2. The van der Waals surface area contributed by atoms with Crippen molar-refractivity contribution in [3.05, 3.63) is 23.8 Å². The molecule has 2 N–H and O–H groups in total. The standard InChI is InChI=1S/C19H29N3O2/c1-4-18(23)21-17-13-16(7-5-14(17)2)20-19(24)8-6-15-9-11-22(3)12-10-15/h5,7,13,15H,4,6,8-12H2,1-3H3,(H,20,24)(H,21,23). The first kappa shape index (κ1) is 18.5. The molecule has 1 fully saturated rings. The van der Waals surface area contributed by atoms with Crippen molar-refractivity contribution >= 4 is 23.2 Å². The molecule has 1 heterocycles. The summed E-state index contributed by atoms with van der Waals surface area (Å²) >= 11 is 0. The van der Waals surface area contributed by atoms with E-state index in [-0.39, 0.29) is 11.8 Å². The number of rotatable bonds is 6. The van der Waals surface area contributed by atoms with Gasteiger partial charge in [0, 0.05) is 24.2 Å². The fraction of sp³-hybridized carbons (Fsp3) is 0.579. The second-order valence-electron chi connectivity index (χ2n) is 6.76. The molecular formula is C19H29N3O2. The molecule has 24 heavy (non-hydrogen) atoms. The van der Waals surface area contributed by atoms with E-state index in [0.29, 0.717) is 18.8 Å². The molecule has 1 aromatic carbocycles. The molecule has 132 valence electrons. The quantitative estimate of drug-likeness (QED) is 0.840. The van der Waals surface area contributed by atoms with E-state index in [9.17, 15) is 9.59 Å². The molecule has 0 bridgehead atoms. The van der Waals surface area contributed by atoms with Gasteiger partial charge in [-0.2, -0.15) is 0 Å². The van der Waals surface area contributed by atoms with Crippen LogP contribution in [0.5, 0.6) is 0 Å². The number of hydrogen-bond donors (Lipinski definition) is 2. The SMILES string of the molecule is CCC(=O)Nc1cc(NC(=O)CCC2CCN(C)CC2)ccc1C. The third-order valence-electron chi connectivity index (χ3n) is 4.73. The highest BCUT2D eigenvalue weighted by molar-refractivity contribution is 5.94. The number of piperidine rings is 1. The van der Waals surface area contributed by atoms with Crippen LogP contribution in [-0.4, -0.2) is 36.9 Å². The summed E-state index contributed by atoms with van der Waals surface area (Å²) in [5.41, 5.74) is 2.48. The molecule has 0 spiro atoms. The summed E-state index contributed by atoms with van der Waals surface area (Å²) in [4.78, 5) is 26.1. The summed E-state index contributed by atoms with van der Waals surface area (Å²) in [7, 11) is 2.15. The molecule has 5 heteroatoms. The molecule has 2 amide bonds. The Labute approximate surface area is 144 Å². The minimum absolute atomic E-state index is 0.0242. The Bertz CT molecular complexity index is 578. The zero-order chi connectivity index (χ0) is 17.5. The van der Waals surface area contributed by atoms with Crippen molar-refractivity contribution in [2.24, 2.45) is 5.92 Å². The van der Waals surface area contributed by atoms with Crippen molar-refractivity contribution in [3.8, 4) is 0 Å². The van der Waals surface area contributed by atoms with Gasteiger partial charge in [-0.25, -0.2) is 0 Å². The van der Waals surface area contributed by atoms with E-state index in [4.69, 9.17) is 0 Å². The summed E-state index contributed by atoms with van der Waals surface area (Å²) < 4.78 is 0. The van der Waals surface area contributed by atoms with Crippen LogP contribution in [-0.2, 0) is 9.59 Å². The molecule has 1 saturated heterocycles. The van der Waals surface area contributed by atoms with Gasteiger partial charge in [-0.15, -0.1) is 0 Å². The Kier molecular flexibility index (Phi) is 6.79. The van der Waals surface area contributed by atoms with E-state index in [2.05, 4.69) is 22.6 Å². The van der Waals surface area contributed by atoms with Crippen LogP contribution in [0.15, 0.2) is 18.2 Å². The molecule has 0 aromatic heterocycles. The van der Waals surface area contributed by atoms with Gasteiger partial charge < -0.3 is 15.5 Å². The topological polar surface area (TPSA) is 61.4 Å². The normalized spacial score (nSPS) is 16.0. The van der Waals surface area contributed by atoms with Gasteiger partial charge in [0.25, 0.3) is 0 Å². The van der Waals surface area contributed by atoms with Gasteiger partial charge in [0.05, 0.1) is 0 Å². The number of amides is 2. The number of nitrogens with one attached hydrogen (secondary N) is 2. The minimum Gasteiger partial charge on any atom is -0.326 e. The highest BCUT2D eigenvalue weighted by Gasteiger charge is 2.17. The molecule has 1 aliphatic heterocycles. The highest BCUT2D eigenvalue weighted by atomic mass is 16.2. The summed E-state index contributed by atoms with van der Waals surface area (Å²) in [5, 5.41) is 5.81. The summed E-state index contributed by atoms with van der Waals surface area (Å²) in [6.45, 7) is 6.02.